The number of carbonyl (C=O) groups is 1. The molecule has 0 spiro atoms. The lowest BCUT2D eigenvalue weighted by molar-refractivity contribution is -0.119. The summed E-state index contributed by atoms with van der Waals surface area (Å²) in [6.07, 6.45) is 2.90. The quantitative estimate of drug-likeness (QED) is 0.364. The highest BCUT2D eigenvalue weighted by atomic mass is 32.2. The van der Waals surface area contributed by atoms with E-state index < -0.39 is 0 Å². The number of amides is 1. The van der Waals surface area contributed by atoms with Gasteiger partial charge in [0.15, 0.2) is 5.96 Å². The molecule has 22 heavy (non-hydrogen) atoms. The fourth-order valence-corrected chi connectivity index (χ4v) is 2.12. The molecule has 0 aliphatic rings. The number of benzene rings is 1. The van der Waals surface area contributed by atoms with E-state index in [1.54, 1.807) is 11.8 Å². The molecule has 0 fully saturated rings. The minimum atomic E-state index is -0.0574. The Morgan fingerprint density at radius 3 is 2.59 bits per heavy atom. The lowest BCUT2D eigenvalue weighted by Crippen LogP contribution is -2.39. The van der Waals surface area contributed by atoms with E-state index in [4.69, 9.17) is 0 Å². The lowest BCUT2D eigenvalue weighted by atomic mass is 10.1. The number of carbonyl (C=O) groups excluding carboxylic acids is 1. The molecule has 0 heterocycles. The predicted octanol–water partition coefficient (Wildman–Crippen LogP) is 1.26. The van der Waals surface area contributed by atoms with Crippen LogP contribution in [-0.4, -0.2) is 50.1 Å². The smallest absolute Gasteiger partial charge is 0.241 e. The van der Waals surface area contributed by atoms with E-state index in [-0.39, 0.29) is 12.5 Å². The third-order valence-corrected chi connectivity index (χ3v) is 3.51. The maximum atomic E-state index is 11.8. The predicted molar refractivity (Wildman–Crippen MR) is 95.5 cm³/mol. The number of thioether (sulfide) groups is 1. The number of nitrogens with one attached hydrogen (secondary N) is 3. The molecule has 3 N–H and O–H groups in total. The van der Waals surface area contributed by atoms with E-state index in [9.17, 15) is 4.79 Å². The van der Waals surface area contributed by atoms with E-state index in [2.05, 4.69) is 39.3 Å². The molecule has 0 saturated carbocycles. The standard InChI is InChI=1S/C16H26N4OS/c1-3-17-16(19-11-12-22-2)20-13-15(21)18-10-9-14-7-5-4-6-8-14/h4-8H,3,9-13H2,1-2H3,(H,18,21)(H2,17,19,20). The van der Waals surface area contributed by atoms with E-state index in [1.165, 1.54) is 5.56 Å². The number of hydrogen-bond acceptors (Lipinski definition) is 3. The first kappa shape index (κ1) is 18.4. The molecule has 0 aliphatic carbocycles. The molecule has 5 nitrogen and oxygen atoms in total. The molecule has 0 aromatic heterocycles. The van der Waals surface area contributed by atoms with Crippen molar-refractivity contribution in [2.24, 2.45) is 4.99 Å². The van der Waals surface area contributed by atoms with Crippen LogP contribution in [0.4, 0.5) is 0 Å². The Morgan fingerprint density at radius 2 is 1.91 bits per heavy atom. The average molecular weight is 322 g/mol. The molecule has 0 atom stereocenters. The van der Waals surface area contributed by atoms with Crippen LogP contribution in [0.2, 0.25) is 0 Å². The fourth-order valence-electron chi connectivity index (χ4n) is 1.81. The molecular weight excluding hydrogens is 296 g/mol. The second-order valence-corrected chi connectivity index (χ2v) is 5.69. The summed E-state index contributed by atoms with van der Waals surface area (Å²) in [6, 6.07) is 10.1. The van der Waals surface area contributed by atoms with Crippen LogP contribution < -0.4 is 16.0 Å². The van der Waals surface area contributed by atoms with Gasteiger partial charge >= 0.3 is 0 Å². The number of aliphatic imine (C=N–C) groups is 1. The van der Waals surface area contributed by atoms with E-state index in [1.807, 2.05) is 25.1 Å². The zero-order chi connectivity index (χ0) is 16.0. The normalized spacial score (nSPS) is 11.1. The zero-order valence-corrected chi connectivity index (χ0v) is 14.2. The van der Waals surface area contributed by atoms with Crippen molar-refractivity contribution >= 4 is 23.6 Å². The number of guanidine groups is 1. The first-order valence-electron chi connectivity index (χ1n) is 7.58. The minimum absolute atomic E-state index is 0.0574. The molecule has 1 aromatic carbocycles. The van der Waals surface area contributed by atoms with Gasteiger partial charge in [-0.3, -0.25) is 4.79 Å². The fraction of sp³-hybridized carbons (Fsp3) is 0.500. The molecule has 1 aromatic rings. The highest BCUT2D eigenvalue weighted by Crippen LogP contribution is 1.97. The Balaban J connectivity index is 2.27. The van der Waals surface area contributed by atoms with Crippen LogP contribution in [-0.2, 0) is 11.2 Å². The third-order valence-electron chi connectivity index (χ3n) is 2.90. The monoisotopic (exact) mass is 322 g/mol. The largest absolute Gasteiger partial charge is 0.357 e. The maximum Gasteiger partial charge on any atom is 0.241 e. The third kappa shape index (κ3) is 8.56. The van der Waals surface area contributed by atoms with Crippen LogP contribution in [0.1, 0.15) is 12.5 Å². The van der Waals surface area contributed by atoms with Gasteiger partial charge in [-0.05, 0) is 25.2 Å². The highest BCUT2D eigenvalue weighted by molar-refractivity contribution is 7.98. The molecular formula is C16H26N4OS. The van der Waals surface area contributed by atoms with Crippen molar-refractivity contribution < 1.29 is 4.79 Å². The first-order chi connectivity index (χ1) is 10.8. The van der Waals surface area contributed by atoms with Crippen molar-refractivity contribution in [3.63, 3.8) is 0 Å². The minimum Gasteiger partial charge on any atom is -0.357 e. The van der Waals surface area contributed by atoms with Crippen molar-refractivity contribution in [2.45, 2.75) is 13.3 Å². The van der Waals surface area contributed by atoms with Crippen molar-refractivity contribution in [2.75, 3.05) is 38.2 Å². The molecule has 6 heteroatoms. The first-order valence-corrected chi connectivity index (χ1v) is 8.97. The van der Waals surface area contributed by atoms with E-state index >= 15 is 0 Å². The second-order valence-electron chi connectivity index (χ2n) is 4.70. The molecule has 0 aliphatic heterocycles. The number of hydrogen-bond donors (Lipinski definition) is 3. The Hall–Kier alpha value is -1.69. The Morgan fingerprint density at radius 1 is 1.14 bits per heavy atom. The van der Waals surface area contributed by atoms with Gasteiger partial charge in [0, 0.05) is 25.4 Å². The summed E-state index contributed by atoms with van der Waals surface area (Å²) in [5.74, 6) is 1.64. The van der Waals surface area contributed by atoms with E-state index in [0.29, 0.717) is 12.5 Å². The highest BCUT2D eigenvalue weighted by Gasteiger charge is 2.01. The topological polar surface area (TPSA) is 65.5 Å². The molecule has 0 radical (unpaired) electrons. The summed E-state index contributed by atoms with van der Waals surface area (Å²) in [4.78, 5) is 16.1. The molecule has 0 bridgehead atoms. The number of nitrogens with zero attached hydrogens (tertiary/aromatic N) is 1. The van der Waals surface area contributed by atoms with Gasteiger partial charge in [0.1, 0.15) is 6.54 Å². The van der Waals surface area contributed by atoms with Gasteiger partial charge in [0.05, 0.1) is 0 Å². The van der Waals surface area contributed by atoms with Crippen LogP contribution >= 0.6 is 11.8 Å². The second kappa shape index (κ2) is 11.9. The molecule has 0 saturated heterocycles. The van der Waals surface area contributed by atoms with E-state index in [0.717, 1.165) is 25.3 Å². The zero-order valence-electron chi connectivity index (χ0n) is 13.4. The van der Waals surface area contributed by atoms with Gasteiger partial charge in [0.25, 0.3) is 0 Å². The summed E-state index contributed by atoms with van der Waals surface area (Å²) in [7, 11) is 0. The summed E-state index contributed by atoms with van der Waals surface area (Å²) < 4.78 is 0. The van der Waals surface area contributed by atoms with Crippen LogP contribution in [0.15, 0.2) is 35.3 Å². The summed E-state index contributed by atoms with van der Waals surface area (Å²) in [5, 5.41) is 9.22. The lowest BCUT2D eigenvalue weighted by Gasteiger charge is -2.10. The SMILES string of the molecule is CCNC(=NCC(=O)NCCc1ccccc1)NCCSC. The molecule has 1 amide bonds. The van der Waals surface area contributed by atoms with Gasteiger partial charge in [0.2, 0.25) is 5.91 Å². The van der Waals surface area contributed by atoms with Gasteiger partial charge < -0.3 is 16.0 Å². The summed E-state index contributed by atoms with van der Waals surface area (Å²) in [5.41, 5.74) is 1.22. The van der Waals surface area contributed by atoms with Crippen LogP contribution in [0.3, 0.4) is 0 Å². The Labute approximate surface area is 137 Å². The molecule has 0 unspecified atom stereocenters. The average Bonchev–Trinajstić information content (AvgIpc) is 2.54. The number of rotatable bonds is 9. The van der Waals surface area contributed by atoms with Crippen molar-refractivity contribution in [1.82, 2.24) is 16.0 Å². The van der Waals surface area contributed by atoms with Crippen molar-refractivity contribution in [3.05, 3.63) is 35.9 Å². The molecule has 1 rings (SSSR count). The van der Waals surface area contributed by atoms with Gasteiger partial charge in [-0.2, -0.15) is 11.8 Å². The Kier molecular flexibility index (Phi) is 9.94. The van der Waals surface area contributed by atoms with Gasteiger partial charge in [-0.1, -0.05) is 30.3 Å². The van der Waals surface area contributed by atoms with Crippen molar-refractivity contribution in [1.29, 1.82) is 0 Å². The Bertz CT molecular complexity index is 451. The summed E-state index contributed by atoms with van der Waals surface area (Å²) in [6.45, 7) is 4.40. The van der Waals surface area contributed by atoms with Crippen LogP contribution in [0.5, 0.6) is 0 Å². The van der Waals surface area contributed by atoms with Crippen LogP contribution in [0.25, 0.3) is 0 Å². The summed E-state index contributed by atoms with van der Waals surface area (Å²) >= 11 is 1.77. The van der Waals surface area contributed by atoms with Crippen LogP contribution in [0, 0.1) is 0 Å². The molecule has 122 valence electrons. The maximum absolute atomic E-state index is 11.8. The van der Waals surface area contributed by atoms with Gasteiger partial charge in [-0.25, -0.2) is 4.99 Å². The van der Waals surface area contributed by atoms with Gasteiger partial charge in [-0.15, -0.1) is 0 Å². The van der Waals surface area contributed by atoms with Crippen molar-refractivity contribution in [3.8, 4) is 0 Å².